The molecule has 0 aliphatic carbocycles. The molecule has 0 spiro atoms. The van der Waals surface area contributed by atoms with E-state index in [0.29, 0.717) is 29.0 Å². The Hall–Kier alpha value is -3.17. The second-order valence-corrected chi connectivity index (χ2v) is 7.05. The van der Waals surface area contributed by atoms with Crippen molar-refractivity contribution in [3.63, 3.8) is 0 Å². The minimum absolute atomic E-state index is 0.0464. The maximum absolute atomic E-state index is 12.8. The third kappa shape index (κ3) is 5.21. The highest BCUT2D eigenvalue weighted by Crippen LogP contribution is 2.34. The Kier molecular flexibility index (Phi) is 6.99. The molecule has 0 bridgehead atoms. The molecule has 0 unspecified atom stereocenters. The van der Waals surface area contributed by atoms with Crippen LogP contribution in [0.5, 0.6) is 11.5 Å². The van der Waals surface area contributed by atoms with E-state index in [2.05, 4.69) is 10.9 Å². The van der Waals surface area contributed by atoms with Gasteiger partial charge in [-0.05, 0) is 73.6 Å². The van der Waals surface area contributed by atoms with E-state index in [1.54, 1.807) is 4.90 Å². The van der Waals surface area contributed by atoms with Crippen molar-refractivity contribution >= 4 is 34.6 Å². The molecule has 1 amide bonds. The van der Waals surface area contributed by atoms with Crippen molar-refractivity contribution < 1.29 is 14.3 Å². The summed E-state index contributed by atoms with van der Waals surface area (Å²) < 4.78 is 10.8. The van der Waals surface area contributed by atoms with Gasteiger partial charge in [-0.2, -0.15) is 0 Å². The lowest BCUT2D eigenvalue weighted by Crippen LogP contribution is -2.28. The van der Waals surface area contributed by atoms with Crippen molar-refractivity contribution in [2.45, 2.75) is 13.8 Å². The van der Waals surface area contributed by atoms with E-state index < -0.39 is 0 Å². The first-order valence-corrected chi connectivity index (χ1v) is 10.2. The monoisotopic (exact) mass is 406 g/mol. The quantitative estimate of drug-likeness (QED) is 0.493. The van der Waals surface area contributed by atoms with Gasteiger partial charge in [0.2, 0.25) is 0 Å². The Labute approximate surface area is 175 Å². The van der Waals surface area contributed by atoms with Crippen molar-refractivity contribution in [3.05, 3.63) is 59.0 Å². The molecular weight excluding hydrogens is 384 g/mol. The predicted octanol–water partition coefficient (Wildman–Crippen LogP) is 4.72. The average molecular weight is 407 g/mol. The molecule has 1 saturated heterocycles. The lowest BCUT2D eigenvalue weighted by atomic mass is 10.2. The van der Waals surface area contributed by atoms with E-state index in [1.807, 2.05) is 68.5 Å². The molecule has 2 aromatic rings. The highest BCUT2D eigenvalue weighted by Gasteiger charge is 2.32. The Balaban J connectivity index is 1.79. The Morgan fingerprint density at radius 1 is 1.07 bits per heavy atom. The molecule has 3 rings (SSSR count). The highest BCUT2D eigenvalue weighted by molar-refractivity contribution is 8.18. The Morgan fingerprint density at radius 3 is 2.34 bits per heavy atom. The minimum Gasteiger partial charge on any atom is -0.494 e. The predicted molar refractivity (Wildman–Crippen MR) is 118 cm³/mol. The molecule has 0 N–H and O–H groups in total. The number of carbonyl (C=O) groups excluding carboxylic acids is 1. The summed E-state index contributed by atoms with van der Waals surface area (Å²) in [7, 11) is 0. The lowest BCUT2D eigenvalue weighted by Gasteiger charge is -2.12. The molecule has 1 aliphatic rings. The molecule has 1 fully saturated rings. The topological polar surface area (TPSA) is 51.1 Å². The van der Waals surface area contributed by atoms with E-state index >= 15 is 0 Å². The number of amides is 1. The zero-order valence-corrected chi connectivity index (χ0v) is 17.2. The van der Waals surface area contributed by atoms with E-state index in [0.717, 1.165) is 17.0 Å². The normalized spacial score (nSPS) is 16.3. The number of hydrogen-bond donors (Lipinski definition) is 0. The fourth-order valence-corrected chi connectivity index (χ4v) is 3.76. The van der Waals surface area contributed by atoms with Crippen LogP contribution in [0.3, 0.4) is 0 Å². The summed E-state index contributed by atoms with van der Waals surface area (Å²) in [4.78, 5) is 19.7. The van der Waals surface area contributed by atoms with Gasteiger partial charge < -0.3 is 9.47 Å². The van der Waals surface area contributed by atoms with Crippen LogP contribution in [0.2, 0.25) is 0 Å². The van der Waals surface area contributed by atoms with Gasteiger partial charge in [0.25, 0.3) is 5.91 Å². The molecule has 0 atom stereocenters. The van der Waals surface area contributed by atoms with E-state index in [9.17, 15) is 4.79 Å². The summed E-state index contributed by atoms with van der Waals surface area (Å²) in [6, 6.07) is 15.0. The summed E-state index contributed by atoms with van der Waals surface area (Å²) in [5.74, 6) is 3.88. The van der Waals surface area contributed by atoms with Crippen molar-refractivity contribution in [2.75, 3.05) is 19.8 Å². The number of benzene rings is 2. The Bertz CT molecular complexity index is 957. The first-order chi connectivity index (χ1) is 14.1. The number of terminal acetylenes is 1. The number of thioether (sulfide) groups is 1. The number of amidine groups is 1. The molecule has 0 aromatic heterocycles. The van der Waals surface area contributed by atoms with Gasteiger partial charge in [0.15, 0.2) is 5.17 Å². The fourth-order valence-electron chi connectivity index (χ4n) is 2.70. The van der Waals surface area contributed by atoms with Gasteiger partial charge in [-0.1, -0.05) is 18.1 Å². The van der Waals surface area contributed by atoms with Gasteiger partial charge in [0.05, 0.1) is 17.2 Å². The van der Waals surface area contributed by atoms with Gasteiger partial charge in [0.1, 0.15) is 18.1 Å². The van der Waals surface area contributed by atoms with Crippen molar-refractivity contribution in [1.29, 1.82) is 0 Å². The number of nitrogens with zero attached hydrogens (tertiary/aromatic N) is 2. The highest BCUT2D eigenvalue weighted by atomic mass is 32.2. The second kappa shape index (κ2) is 9.85. The minimum atomic E-state index is -0.0464. The summed E-state index contributed by atoms with van der Waals surface area (Å²) >= 11 is 1.37. The molecule has 148 valence electrons. The fraction of sp³-hybridized carbons (Fsp3) is 0.217. The average Bonchev–Trinajstić information content (AvgIpc) is 3.03. The van der Waals surface area contributed by atoms with Crippen LogP contribution >= 0.6 is 11.8 Å². The third-order valence-electron chi connectivity index (χ3n) is 4.08. The first-order valence-electron chi connectivity index (χ1n) is 9.34. The van der Waals surface area contributed by atoms with Crippen molar-refractivity contribution in [3.8, 4) is 23.8 Å². The van der Waals surface area contributed by atoms with E-state index in [1.165, 1.54) is 11.8 Å². The third-order valence-corrected chi connectivity index (χ3v) is 5.08. The summed E-state index contributed by atoms with van der Waals surface area (Å²) in [6.07, 6.45) is 7.06. The molecule has 0 saturated carbocycles. The first kappa shape index (κ1) is 20.6. The van der Waals surface area contributed by atoms with Crippen LogP contribution in [0.4, 0.5) is 5.69 Å². The van der Waals surface area contributed by atoms with Crippen LogP contribution < -0.4 is 9.47 Å². The van der Waals surface area contributed by atoms with Gasteiger partial charge in [-0.25, -0.2) is 4.99 Å². The van der Waals surface area contributed by atoms with Crippen LogP contribution in [0.25, 0.3) is 6.08 Å². The van der Waals surface area contributed by atoms with Gasteiger partial charge in [-0.3, -0.25) is 9.69 Å². The number of aliphatic imine (C=N–C) groups is 1. The number of rotatable bonds is 7. The smallest absolute Gasteiger partial charge is 0.266 e. The standard InChI is InChI=1S/C23H22N2O3S/c1-4-15-28-20-11-7-17(8-12-20)16-21-22(26)25(5-2)23(29-21)24-18-9-13-19(14-10-18)27-6-3/h1,7-14,16H,5-6,15H2,2-3H3. The number of ether oxygens (including phenoxy) is 2. The molecule has 29 heavy (non-hydrogen) atoms. The van der Waals surface area contributed by atoms with Crippen LogP contribution in [0.1, 0.15) is 19.4 Å². The van der Waals surface area contributed by atoms with Crippen LogP contribution in [-0.4, -0.2) is 35.7 Å². The largest absolute Gasteiger partial charge is 0.494 e. The molecule has 1 heterocycles. The van der Waals surface area contributed by atoms with Crippen LogP contribution in [-0.2, 0) is 4.79 Å². The molecule has 2 aromatic carbocycles. The number of hydrogen-bond acceptors (Lipinski definition) is 5. The molecular formula is C23H22N2O3S. The lowest BCUT2D eigenvalue weighted by molar-refractivity contribution is -0.122. The zero-order valence-electron chi connectivity index (χ0n) is 16.4. The maximum atomic E-state index is 12.8. The van der Waals surface area contributed by atoms with Gasteiger partial charge in [0, 0.05) is 6.54 Å². The van der Waals surface area contributed by atoms with E-state index in [-0.39, 0.29) is 12.5 Å². The molecule has 6 heteroatoms. The van der Waals surface area contributed by atoms with Crippen molar-refractivity contribution in [1.82, 2.24) is 4.90 Å². The van der Waals surface area contributed by atoms with E-state index in [4.69, 9.17) is 15.9 Å². The molecule has 5 nitrogen and oxygen atoms in total. The zero-order chi connectivity index (χ0) is 20.6. The maximum Gasteiger partial charge on any atom is 0.266 e. The number of likely N-dealkylation sites (N-methyl/N-ethyl adjacent to an activating group) is 1. The van der Waals surface area contributed by atoms with Crippen LogP contribution in [0.15, 0.2) is 58.4 Å². The Morgan fingerprint density at radius 2 is 1.72 bits per heavy atom. The van der Waals surface area contributed by atoms with Gasteiger partial charge in [-0.15, -0.1) is 6.42 Å². The summed E-state index contributed by atoms with van der Waals surface area (Å²) in [5, 5.41) is 0.668. The summed E-state index contributed by atoms with van der Waals surface area (Å²) in [5.41, 5.74) is 1.69. The summed E-state index contributed by atoms with van der Waals surface area (Å²) in [6.45, 7) is 5.28. The van der Waals surface area contributed by atoms with Crippen molar-refractivity contribution in [2.24, 2.45) is 4.99 Å². The molecule has 1 aliphatic heterocycles. The SMILES string of the molecule is C#CCOc1ccc(C=C2SC(=Nc3ccc(OCC)cc3)N(CC)C2=O)cc1. The molecule has 0 radical (unpaired) electrons. The number of carbonyl (C=O) groups is 1. The second-order valence-electron chi connectivity index (χ2n) is 6.04. The van der Waals surface area contributed by atoms with Crippen LogP contribution in [0, 0.1) is 12.3 Å². The van der Waals surface area contributed by atoms with Gasteiger partial charge >= 0.3 is 0 Å².